The van der Waals surface area contributed by atoms with Crippen molar-refractivity contribution in [2.24, 2.45) is 0 Å². The van der Waals surface area contributed by atoms with Crippen molar-refractivity contribution in [2.75, 3.05) is 0 Å². The quantitative estimate of drug-likeness (QED) is 0.667. The average Bonchev–Trinajstić information content (AvgIpc) is 2.39. The van der Waals surface area contributed by atoms with E-state index < -0.39 is 13.0 Å². The highest BCUT2D eigenvalue weighted by Gasteiger charge is 2.50. The molecule has 102 valence electrons. The first-order valence-electron chi connectivity index (χ1n) is 6.54. The van der Waals surface area contributed by atoms with E-state index in [1.165, 1.54) is 0 Å². The summed E-state index contributed by atoms with van der Waals surface area (Å²) in [6.45, 7) is 7.95. The molecule has 0 amide bonds. The Bertz CT molecular complexity index is 336. The molecule has 2 fully saturated rings. The fourth-order valence-corrected chi connectivity index (χ4v) is 2.25. The molecule has 0 N–H and O–H groups in total. The lowest BCUT2D eigenvalue weighted by atomic mass is 9.81. The van der Waals surface area contributed by atoms with Gasteiger partial charge in [-0.05, 0) is 40.5 Å². The normalized spacial score (nSPS) is 29.4. The molecule has 0 spiro atoms. The molecular formula is C13H21BF2O2. The van der Waals surface area contributed by atoms with E-state index in [4.69, 9.17) is 9.31 Å². The first-order chi connectivity index (χ1) is 8.11. The Morgan fingerprint density at radius 2 is 1.44 bits per heavy atom. The van der Waals surface area contributed by atoms with Crippen molar-refractivity contribution in [2.45, 2.75) is 70.5 Å². The molecule has 1 heterocycles. The highest BCUT2D eigenvalue weighted by atomic mass is 19.3. The highest BCUT2D eigenvalue weighted by Crippen LogP contribution is 2.39. The Balaban J connectivity index is 2.00. The van der Waals surface area contributed by atoms with Crippen molar-refractivity contribution in [3.8, 4) is 0 Å². The Morgan fingerprint density at radius 3 is 1.89 bits per heavy atom. The van der Waals surface area contributed by atoms with E-state index in [0.717, 1.165) is 5.57 Å². The van der Waals surface area contributed by atoms with E-state index in [9.17, 15) is 8.78 Å². The van der Waals surface area contributed by atoms with Crippen LogP contribution >= 0.6 is 0 Å². The first kappa shape index (κ1) is 14.0. The van der Waals surface area contributed by atoms with Crippen LogP contribution in [0.3, 0.4) is 0 Å². The minimum atomic E-state index is -2.49. The van der Waals surface area contributed by atoms with E-state index in [0.29, 0.717) is 12.8 Å². The Labute approximate surface area is 108 Å². The van der Waals surface area contributed by atoms with Crippen LogP contribution in [0.4, 0.5) is 8.78 Å². The number of rotatable bonds is 1. The highest BCUT2D eigenvalue weighted by molar-refractivity contribution is 6.51. The monoisotopic (exact) mass is 258 g/mol. The molecule has 0 unspecified atom stereocenters. The maximum atomic E-state index is 13.0. The second kappa shape index (κ2) is 4.31. The van der Waals surface area contributed by atoms with Crippen LogP contribution in [0.1, 0.15) is 53.4 Å². The number of hydrogen-bond donors (Lipinski definition) is 0. The third-order valence-corrected chi connectivity index (χ3v) is 4.27. The van der Waals surface area contributed by atoms with Gasteiger partial charge in [0.1, 0.15) is 0 Å². The molecule has 0 aromatic heterocycles. The van der Waals surface area contributed by atoms with Crippen LogP contribution in [0.2, 0.25) is 0 Å². The van der Waals surface area contributed by atoms with Gasteiger partial charge in [0, 0.05) is 12.8 Å². The predicted octanol–water partition coefficient (Wildman–Crippen LogP) is 3.75. The molecule has 1 aliphatic heterocycles. The van der Waals surface area contributed by atoms with Crippen molar-refractivity contribution >= 4 is 7.12 Å². The molecule has 2 aliphatic rings. The van der Waals surface area contributed by atoms with E-state index in [2.05, 4.69) is 0 Å². The summed E-state index contributed by atoms with van der Waals surface area (Å²) in [6, 6.07) is 0. The van der Waals surface area contributed by atoms with E-state index >= 15 is 0 Å². The summed E-state index contributed by atoms with van der Waals surface area (Å²) in [6.07, 6.45) is 0.769. The van der Waals surface area contributed by atoms with Gasteiger partial charge in [0.15, 0.2) is 0 Å². The van der Waals surface area contributed by atoms with Gasteiger partial charge < -0.3 is 9.31 Å². The van der Waals surface area contributed by atoms with Gasteiger partial charge >= 0.3 is 7.12 Å². The third kappa shape index (κ3) is 2.77. The van der Waals surface area contributed by atoms with Gasteiger partial charge in [-0.2, -0.15) is 0 Å². The zero-order chi connectivity index (χ0) is 13.6. The van der Waals surface area contributed by atoms with Gasteiger partial charge in [0.05, 0.1) is 11.2 Å². The topological polar surface area (TPSA) is 18.5 Å². The lowest BCUT2D eigenvalue weighted by molar-refractivity contribution is -0.0246. The minimum absolute atomic E-state index is 0.0572. The molecule has 2 nitrogen and oxygen atoms in total. The molecule has 0 atom stereocenters. The van der Waals surface area contributed by atoms with E-state index in [1.807, 2.05) is 33.7 Å². The zero-order valence-corrected chi connectivity index (χ0v) is 11.6. The molecule has 1 saturated carbocycles. The van der Waals surface area contributed by atoms with Gasteiger partial charge in [0.2, 0.25) is 5.92 Å². The molecule has 0 bridgehead atoms. The molecule has 2 rings (SSSR count). The lowest BCUT2D eigenvalue weighted by Crippen LogP contribution is -2.41. The molecule has 1 saturated heterocycles. The average molecular weight is 258 g/mol. The van der Waals surface area contributed by atoms with Crippen LogP contribution in [0.5, 0.6) is 0 Å². The first-order valence-corrected chi connectivity index (χ1v) is 6.54. The molecular weight excluding hydrogens is 237 g/mol. The number of halogens is 2. The Morgan fingerprint density at radius 1 is 1.00 bits per heavy atom. The van der Waals surface area contributed by atoms with Gasteiger partial charge in [-0.25, -0.2) is 8.78 Å². The molecule has 0 aromatic carbocycles. The van der Waals surface area contributed by atoms with Gasteiger partial charge in [-0.1, -0.05) is 11.5 Å². The third-order valence-electron chi connectivity index (χ3n) is 4.27. The number of hydrogen-bond acceptors (Lipinski definition) is 2. The van der Waals surface area contributed by atoms with Crippen LogP contribution in [0, 0.1) is 0 Å². The second-order valence-electron chi connectivity index (χ2n) is 6.31. The lowest BCUT2D eigenvalue weighted by Gasteiger charge is -2.32. The summed E-state index contributed by atoms with van der Waals surface area (Å²) in [5.74, 6) is -0.612. The van der Waals surface area contributed by atoms with Gasteiger partial charge in [-0.3, -0.25) is 0 Å². The number of allylic oxidation sites excluding steroid dienone is 1. The minimum Gasteiger partial charge on any atom is -0.400 e. The van der Waals surface area contributed by atoms with E-state index in [1.54, 1.807) is 0 Å². The predicted molar refractivity (Wildman–Crippen MR) is 67.6 cm³/mol. The summed E-state index contributed by atoms with van der Waals surface area (Å²) in [4.78, 5) is 0. The van der Waals surface area contributed by atoms with Crippen LogP contribution in [-0.2, 0) is 9.31 Å². The van der Waals surface area contributed by atoms with Gasteiger partial charge in [0.25, 0.3) is 0 Å². The second-order valence-corrected chi connectivity index (χ2v) is 6.31. The van der Waals surface area contributed by atoms with Crippen molar-refractivity contribution in [3.05, 3.63) is 11.5 Å². The van der Waals surface area contributed by atoms with Gasteiger partial charge in [-0.15, -0.1) is 0 Å². The molecule has 1 aliphatic carbocycles. The SMILES string of the molecule is CC1(C)OB(C=C2CCC(F)(F)CC2)OC1(C)C. The van der Waals surface area contributed by atoms with Crippen LogP contribution < -0.4 is 0 Å². The van der Waals surface area contributed by atoms with Crippen molar-refractivity contribution in [1.29, 1.82) is 0 Å². The fraction of sp³-hybridized carbons (Fsp3) is 0.846. The number of alkyl halides is 2. The summed E-state index contributed by atoms with van der Waals surface area (Å²) in [7, 11) is -0.406. The summed E-state index contributed by atoms with van der Waals surface area (Å²) < 4.78 is 37.8. The fourth-order valence-electron chi connectivity index (χ4n) is 2.25. The Kier molecular flexibility index (Phi) is 3.35. The van der Waals surface area contributed by atoms with Crippen molar-refractivity contribution in [1.82, 2.24) is 0 Å². The summed E-state index contributed by atoms with van der Waals surface area (Å²) in [5, 5.41) is 0. The standard InChI is InChI=1S/C13H21BF2O2/c1-11(2)12(3,4)18-14(17-11)9-10-5-7-13(15,16)8-6-10/h9H,5-8H2,1-4H3. The van der Waals surface area contributed by atoms with Crippen LogP contribution in [0.15, 0.2) is 11.5 Å². The summed E-state index contributed by atoms with van der Waals surface area (Å²) in [5.41, 5.74) is 0.292. The van der Waals surface area contributed by atoms with Crippen molar-refractivity contribution in [3.63, 3.8) is 0 Å². The summed E-state index contributed by atoms with van der Waals surface area (Å²) >= 11 is 0. The molecule has 5 heteroatoms. The largest absolute Gasteiger partial charge is 0.487 e. The maximum Gasteiger partial charge on any atom is 0.487 e. The zero-order valence-electron chi connectivity index (χ0n) is 11.6. The van der Waals surface area contributed by atoms with Crippen LogP contribution in [-0.4, -0.2) is 24.2 Å². The molecule has 18 heavy (non-hydrogen) atoms. The smallest absolute Gasteiger partial charge is 0.400 e. The van der Waals surface area contributed by atoms with Crippen molar-refractivity contribution < 1.29 is 18.1 Å². The molecule has 0 radical (unpaired) electrons. The maximum absolute atomic E-state index is 13.0. The Hall–Kier alpha value is -0.415. The molecule has 0 aromatic rings. The van der Waals surface area contributed by atoms with E-state index in [-0.39, 0.29) is 24.0 Å². The van der Waals surface area contributed by atoms with Crippen LogP contribution in [0.25, 0.3) is 0 Å².